The molecular weight excluding hydrogens is 468 g/mol. The quantitative estimate of drug-likeness (QED) is 0.251. The number of amides is 2. The fourth-order valence-corrected chi connectivity index (χ4v) is 5.02. The Bertz CT molecular complexity index is 1230. The Morgan fingerprint density at radius 3 is 2.56 bits per heavy atom. The Hall–Kier alpha value is -3.58. The zero-order valence-corrected chi connectivity index (χ0v) is 21.3. The van der Waals surface area contributed by atoms with Crippen molar-refractivity contribution in [3.8, 4) is 0 Å². The number of carbonyl (C=O) groups excluding carboxylic acids is 2. The fourth-order valence-electron chi connectivity index (χ4n) is 4.64. The van der Waals surface area contributed by atoms with Crippen LogP contribution < -0.4 is 15.5 Å². The van der Waals surface area contributed by atoms with Gasteiger partial charge in [-0.2, -0.15) is 0 Å². The number of anilines is 1. The minimum Gasteiger partial charge on any atom is -0.342 e. The summed E-state index contributed by atoms with van der Waals surface area (Å²) in [7, 11) is 0. The second-order valence-corrected chi connectivity index (χ2v) is 9.60. The highest BCUT2D eigenvalue weighted by atomic mass is 32.1. The average Bonchev–Trinajstić information content (AvgIpc) is 2.89. The molecule has 0 radical (unpaired) electrons. The van der Waals surface area contributed by atoms with Gasteiger partial charge in [0.15, 0.2) is 5.11 Å². The van der Waals surface area contributed by atoms with Crippen molar-refractivity contribution in [1.82, 2.24) is 15.6 Å². The summed E-state index contributed by atoms with van der Waals surface area (Å²) in [5.41, 5.74) is 2.30. The van der Waals surface area contributed by atoms with Gasteiger partial charge in [0.2, 0.25) is 11.8 Å². The number of pyridine rings is 1. The highest BCUT2D eigenvalue weighted by molar-refractivity contribution is 7.80. The Labute approximate surface area is 217 Å². The smallest absolute Gasteiger partial charge is 0.245 e. The zero-order chi connectivity index (χ0) is 25.3. The van der Waals surface area contributed by atoms with Crippen molar-refractivity contribution in [2.24, 2.45) is 5.92 Å². The van der Waals surface area contributed by atoms with Gasteiger partial charge in [-0.3, -0.25) is 19.5 Å². The van der Waals surface area contributed by atoms with E-state index in [1.165, 1.54) is 12.5 Å². The molecule has 186 valence electrons. The van der Waals surface area contributed by atoms with Gasteiger partial charge in [0.1, 0.15) is 0 Å². The van der Waals surface area contributed by atoms with Gasteiger partial charge in [0, 0.05) is 24.1 Å². The van der Waals surface area contributed by atoms with Crippen molar-refractivity contribution < 1.29 is 9.59 Å². The molecule has 1 aliphatic rings. The molecule has 36 heavy (non-hydrogen) atoms. The van der Waals surface area contributed by atoms with Crippen LogP contribution in [0.5, 0.6) is 0 Å². The van der Waals surface area contributed by atoms with Crippen LogP contribution in [0.3, 0.4) is 0 Å². The van der Waals surface area contributed by atoms with Crippen LogP contribution in [0.2, 0.25) is 0 Å². The molecule has 1 atom stereocenters. The molecule has 6 nitrogen and oxygen atoms in total. The molecule has 3 aromatic rings. The van der Waals surface area contributed by atoms with Crippen LogP contribution in [0.1, 0.15) is 51.0 Å². The van der Waals surface area contributed by atoms with Gasteiger partial charge in [-0.05, 0) is 61.7 Å². The van der Waals surface area contributed by atoms with E-state index >= 15 is 0 Å². The number of carbonyl (C=O) groups is 2. The minimum absolute atomic E-state index is 0.0555. The van der Waals surface area contributed by atoms with E-state index in [4.69, 9.17) is 12.2 Å². The van der Waals surface area contributed by atoms with Crippen LogP contribution in [0.15, 0.2) is 72.9 Å². The Balaban J connectivity index is 1.50. The van der Waals surface area contributed by atoms with E-state index < -0.39 is 6.17 Å². The molecule has 2 amide bonds. The van der Waals surface area contributed by atoms with Crippen LogP contribution in [-0.4, -0.2) is 28.1 Å². The summed E-state index contributed by atoms with van der Waals surface area (Å²) in [5, 5.41) is 7.18. The molecule has 1 heterocycles. The normalized spacial score (nSPS) is 14.9. The van der Waals surface area contributed by atoms with Crippen molar-refractivity contribution in [1.29, 1.82) is 0 Å². The maximum absolute atomic E-state index is 13.6. The van der Waals surface area contributed by atoms with Gasteiger partial charge in [0.05, 0.1) is 17.4 Å². The summed E-state index contributed by atoms with van der Waals surface area (Å²) in [6.07, 6.45) is 10.6. The maximum Gasteiger partial charge on any atom is 0.245 e. The Morgan fingerprint density at radius 1 is 1.03 bits per heavy atom. The molecular formula is C29H32N4O2S. The van der Waals surface area contributed by atoms with E-state index in [9.17, 15) is 9.59 Å². The molecule has 1 aromatic heterocycles. The predicted octanol–water partition coefficient (Wildman–Crippen LogP) is 5.59. The molecule has 1 unspecified atom stereocenters. The number of nitrogens with one attached hydrogen (secondary N) is 2. The lowest BCUT2D eigenvalue weighted by molar-refractivity contribution is -0.119. The number of benzene rings is 2. The van der Waals surface area contributed by atoms with E-state index in [1.54, 1.807) is 24.1 Å². The van der Waals surface area contributed by atoms with Gasteiger partial charge in [-0.1, -0.05) is 67.8 Å². The maximum atomic E-state index is 13.6. The first-order valence-electron chi connectivity index (χ1n) is 12.5. The summed E-state index contributed by atoms with van der Waals surface area (Å²) in [4.78, 5) is 32.2. The largest absolute Gasteiger partial charge is 0.342 e. The van der Waals surface area contributed by atoms with E-state index in [0.29, 0.717) is 23.5 Å². The van der Waals surface area contributed by atoms with Crippen LogP contribution in [0.4, 0.5) is 5.69 Å². The third-order valence-electron chi connectivity index (χ3n) is 6.42. The summed E-state index contributed by atoms with van der Waals surface area (Å²) < 4.78 is 0. The van der Waals surface area contributed by atoms with Crippen molar-refractivity contribution in [3.05, 3.63) is 78.5 Å². The van der Waals surface area contributed by atoms with E-state index in [1.807, 2.05) is 60.7 Å². The summed E-state index contributed by atoms with van der Waals surface area (Å²) >= 11 is 5.73. The van der Waals surface area contributed by atoms with Gasteiger partial charge >= 0.3 is 0 Å². The lowest BCUT2D eigenvalue weighted by Gasteiger charge is -2.29. The minimum atomic E-state index is -0.488. The average molecular weight is 501 g/mol. The van der Waals surface area contributed by atoms with Crippen LogP contribution >= 0.6 is 12.2 Å². The highest BCUT2D eigenvalue weighted by Crippen LogP contribution is 2.30. The molecule has 0 aliphatic heterocycles. The molecule has 2 aromatic carbocycles. The Kier molecular flexibility index (Phi) is 8.79. The molecule has 2 N–H and O–H groups in total. The number of rotatable bonds is 7. The van der Waals surface area contributed by atoms with Gasteiger partial charge in [-0.15, -0.1) is 0 Å². The number of hydrogen-bond donors (Lipinski definition) is 2. The zero-order valence-electron chi connectivity index (χ0n) is 20.5. The first-order chi connectivity index (χ1) is 17.5. The Morgan fingerprint density at radius 2 is 1.78 bits per heavy atom. The van der Waals surface area contributed by atoms with E-state index in [-0.39, 0.29) is 16.9 Å². The second-order valence-electron chi connectivity index (χ2n) is 9.21. The number of thiocarbonyl (C=S) groups is 1. The van der Waals surface area contributed by atoms with Crippen LogP contribution in [0.25, 0.3) is 17.0 Å². The number of fused-ring (bicyclic) bond motifs is 1. The van der Waals surface area contributed by atoms with E-state index in [0.717, 1.165) is 36.6 Å². The molecule has 0 spiro atoms. The topological polar surface area (TPSA) is 74.3 Å². The number of nitrogens with zero attached hydrogens (tertiary/aromatic N) is 2. The van der Waals surface area contributed by atoms with Crippen LogP contribution in [-0.2, 0) is 9.59 Å². The molecule has 0 bridgehead atoms. The molecule has 4 rings (SSSR count). The van der Waals surface area contributed by atoms with Crippen molar-refractivity contribution in [2.45, 2.75) is 51.6 Å². The monoisotopic (exact) mass is 500 g/mol. The lowest BCUT2D eigenvalue weighted by Crippen LogP contribution is -2.52. The van der Waals surface area contributed by atoms with E-state index in [2.05, 4.69) is 15.6 Å². The lowest BCUT2D eigenvalue weighted by atomic mass is 9.86. The highest BCUT2D eigenvalue weighted by Gasteiger charge is 2.27. The van der Waals surface area contributed by atoms with Crippen molar-refractivity contribution in [2.75, 3.05) is 4.90 Å². The first kappa shape index (κ1) is 25.5. The first-order valence-corrected chi connectivity index (χ1v) is 12.9. The van der Waals surface area contributed by atoms with Gasteiger partial charge < -0.3 is 10.6 Å². The van der Waals surface area contributed by atoms with Crippen LogP contribution in [0, 0.1) is 5.92 Å². The van der Waals surface area contributed by atoms with Crippen molar-refractivity contribution >= 4 is 51.8 Å². The molecule has 1 saturated carbocycles. The summed E-state index contributed by atoms with van der Waals surface area (Å²) in [5.74, 6) is 0.0494. The predicted molar refractivity (Wildman–Crippen MR) is 149 cm³/mol. The summed E-state index contributed by atoms with van der Waals surface area (Å²) in [6, 6.07) is 19.2. The van der Waals surface area contributed by atoms with Gasteiger partial charge in [-0.25, -0.2) is 0 Å². The number of para-hydroxylation sites is 1. The molecule has 1 fully saturated rings. The fraction of sp³-hybridized carbons (Fsp3) is 0.310. The molecule has 1 aliphatic carbocycles. The molecule has 7 heteroatoms. The van der Waals surface area contributed by atoms with Gasteiger partial charge in [0.25, 0.3) is 0 Å². The standard InChI is InChI=1S/C29H32N4O2S/c1-21(31-26(34)18-17-22-10-4-2-5-11-22)32-29(36)33(27(35)20-23-12-6-3-7-13-23)25-16-8-14-24-15-9-19-30-28(24)25/h2,4-5,8-11,14-19,21,23H,3,6-7,12-13,20H2,1H3,(H,31,34)(H,32,36)/b18-17+. The number of aromatic nitrogens is 1. The SMILES string of the molecule is CC(NC(=O)/C=C/c1ccccc1)NC(=S)N(C(=O)CC1CCCCC1)c1cccc2cccnc12. The third kappa shape index (κ3) is 6.76. The third-order valence-corrected chi connectivity index (χ3v) is 6.72. The number of hydrogen-bond acceptors (Lipinski definition) is 4. The molecule has 0 saturated heterocycles. The second kappa shape index (κ2) is 12.4. The summed E-state index contributed by atoms with van der Waals surface area (Å²) in [6.45, 7) is 1.80. The van der Waals surface area contributed by atoms with Crippen molar-refractivity contribution in [3.63, 3.8) is 0 Å².